The molecule has 160 valence electrons. The van der Waals surface area contributed by atoms with Crippen molar-refractivity contribution in [1.29, 1.82) is 0 Å². The maximum Gasteiger partial charge on any atom is 0.227 e. The lowest BCUT2D eigenvalue weighted by Gasteiger charge is -2.19. The van der Waals surface area contributed by atoms with Crippen molar-refractivity contribution in [2.24, 2.45) is 4.99 Å². The van der Waals surface area contributed by atoms with Crippen LogP contribution >= 0.6 is 24.0 Å². The Kier molecular flexibility index (Phi) is 10.1. The van der Waals surface area contributed by atoms with E-state index in [9.17, 15) is 9.90 Å². The second kappa shape index (κ2) is 11.8. The Morgan fingerprint density at radius 1 is 1.24 bits per heavy atom. The molecule has 0 radical (unpaired) electrons. The number of anilines is 1. The fourth-order valence-electron chi connectivity index (χ4n) is 2.42. The highest BCUT2D eigenvalue weighted by molar-refractivity contribution is 14.0. The van der Waals surface area contributed by atoms with Gasteiger partial charge in [-0.15, -0.1) is 24.0 Å². The summed E-state index contributed by atoms with van der Waals surface area (Å²) in [4.78, 5) is 20.6. The maximum absolute atomic E-state index is 12.0. The lowest BCUT2D eigenvalue weighted by Crippen LogP contribution is -2.40. The van der Waals surface area contributed by atoms with Gasteiger partial charge in [-0.25, -0.2) is 9.98 Å². The molecule has 2 aromatic heterocycles. The van der Waals surface area contributed by atoms with Crippen molar-refractivity contribution in [1.82, 2.24) is 15.6 Å². The zero-order valence-electron chi connectivity index (χ0n) is 17.3. The molecule has 1 unspecified atom stereocenters. The maximum atomic E-state index is 12.0. The molecular weight excluding hydrogens is 485 g/mol. The second-order valence-electron chi connectivity index (χ2n) is 6.83. The first-order chi connectivity index (χ1) is 13.3. The molecule has 1 atom stereocenters. The number of nitrogens with one attached hydrogen (secondary N) is 3. The van der Waals surface area contributed by atoms with Crippen LogP contribution in [0.2, 0.25) is 0 Å². The van der Waals surface area contributed by atoms with Gasteiger partial charge in [-0.2, -0.15) is 0 Å². The summed E-state index contributed by atoms with van der Waals surface area (Å²) >= 11 is 0. The van der Waals surface area contributed by atoms with Gasteiger partial charge in [0.25, 0.3) is 0 Å². The van der Waals surface area contributed by atoms with E-state index in [0.29, 0.717) is 30.6 Å². The zero-order chi connectivity index (χ0) is 20.6. The number of hydrogen-bond donors (Lipinski definition) is 4. The Morgan fingerprint density at radius 3 is 2.59 bits per heavy atom. The molecule has 0 aromatic carbocycles. The largest absolute Gasteiger partial charge is 0.463 e. The van der Waals surface area contributed by atoms with Crippen LogP contribution in [0.1, 0.15) is 37.4 Å². The Labute approximate surface area is 188 Å². The molecule has 0 spiro atoms. The van der Waals surface area contributed by atoms with Crippen LogP contribution in [0.3, 0.4) is 0 Å². The topological polar surface area (TPSA) is 112 Å². The molecule has 0 bridgehead atoms. The summed E-state index contributed by atoms with van der Waals surface area (Å²) in [7, 11) is 0. The lowest BCUT2D eigenvalue weighted by atomic mass is 10.0. The van der Waals surface area contributed by atoms with E-state index in [4.69, 9.17) is 4.42 Å². The minimum absolute atomic E-state index is 0. The van der Waals surface area contributed by atoms with Gasteiger partial charge in [-0.1, -0.05) is 6.07 Å². The summed E-state index contributed by atoms with van der Waals surface area (Å²) in [6.07, 6.45) is 1.96. The molecule has 8 nitrogen and oxygen atoms in total. The summed E-state index contributed by atoms with van der Waals surface area (Å²) in [5, 5.41) is 19.5. The average molecular weight is 515 g/mol. The second-order valence-corrected chi connectivity index (χ2v) is 6.83. The van der Waals surface area contributed by atoms with Crippen LogP contribution in [0.5, 0.6) is 0 Å². The molecule has 9 heteroatoms. The molecule has 0 saturated carbocycles. The molecule has 0 fully saturated rings. The minimum Gasteiger partial charge on any atom is -0.463 e. The number of aryl methyl sites for hydroxylation is 2. The van der Waals surface area contributed by atoms with Crippen LogP contribution in [0.25, 0.3) is 0 Å². The number of carbonyl (C=O) groups excluding carboxylic acids is 1. The van der Waals surface area contributed by atoms with Gasteiger partial charge in [0.2, 0.25) is 5.91 Å². The van der Waals surface area contributed by atoms with Gasteiger partial charge in [-0.05, 0) is 51.5 Å². The third-order valence-corrected chi connectivity index (χ3v) is 3.98. The van der Waals surface area contributed by atoms with E-state index >= 15 is 0 Å². The monoisotopic (exact) mass is 515 g/mol. The molecule has 4 N–H and O–H groups in total. The normalized spacial score (nSPS) is 13.2. The number of carbonyl (C=O) groups is 1. The SMILES string of the molecule is CCNC(=NCC(C)(O)c1ccc(C)o1)NCCC(=O)Nc1ccc(C)cn1.I. The number of aliphatic hydroxyl groups is 1. The molecule has 2 rings (SSSR count). The van der Waals surface area contributed by atoms with Crippen LogP contribution in [0, 0.1) is 13.8 Å². The first kappa shape index (κ1) is 24.9. The number of halogens is 1. The van der Waals surface area contributed by atoms with Crippen molar-refractivity contribution in [3.05, 3.63) is 47.5 Å². The van der Waals surface area contributed by atoms with E-state index in [0.717, 1.165) is 11.3 Å². The highest BCUT2D eigenvalue weighted by Crippen LogP contribution is 2.23. The number of hydrogen-bond acceptors (Lipinski definition) is 5. The zero-order valence-corrected chi connectivity index (χ0v) is 19.6. The Balaban J connectivity index is 0.00000420. The van der Waals surface area contributed by atoms with E-state index < -0.39 is 5.60 Å². The Hall–Kier alpha value is -2.14. The van der Waals surface area contributed by atoms with Crippen molar-refractivity contribution in [2.45, 2.75) is 39.7 Å². The number of furan rings is 1. The highest BCUT2D eigenvalue weighted by atomic mass is 127. The van der Waals surface area contributed by atoms with Crippen LogP contribution in [0.15, 0.2) is 39.9 Å². The number of aliphatic imine (C=N–C) groups is 1. The lowest BCUT2D eigenvalue weighted by molar-refractivity contribution is -0.116. The van der Waals surface area contributed by atoms with Crippen LogP contribution in [-0.2, 0) is 10.4 Å². The van der Waals surface area contributed by atoms with Crippen molar-refractivity contribution < 1.29 is 14.3 Å². The number of aromatic nitrogens is 1. The van der Waals surface area contributed by atoms with E-state index in [1.165, 1.54) is 0 Å². The van der Waals surface area contributed by atoms with Crippen LogP contribution in [-0.4, -0.2) is 41.6 Å². The van der Waals surface area contributed by atoms with Gasteiger partial charge in [0, 0.05) is 25.7 Å². The van der Waals surface area contributed by atoms with E-state index in [1.807, 2.05) is 26.8 Å². The number of amides is 1. The first-order valence-corrected chi connectivity index (χ1v) is 9.34. The van der Waals surface area contributed by atoms with Gasteiger partial charge >= 0.3 is 0 Å². The number of guanidine groups is 1. The van der Waals surface area contributed by atoms with Crippen LogP contribution < -0.4 is 16.0 Å². The predicted octanol–water partition coefficient (Wildman–Crippen LogP) is 2.70. The summed E-state index contributed by atoms with van der Waals surface area (Å²) < 4.78 is 5.50. The average Bonchev–Trinajstić information content (AvgIpc) is 3.09. The fourth-order valence-corrected chi connectivity index (χ4v) is 2.42. The third kappa shape index (κ3) is 8.40. The Morgan fingerprint density at radius 2 is 2.00 bits per heavy atom. The van der Waals surface area contributed by atoms with Gasteiger partial charge in [-0.3, -0.25) is 4.79 Å². The molecule has 2 aromatic rings. The smallest absolute Gasteiger partial charge is 0.227 e. The molecule has 1 amide bonds. The number of pyridine rings is 1. The summed E-state index contributed by atoms with van der Waals surface area (Å²) in [6.45, 7) is 8.54. The molecule has 0 aliphatic rings. The van der Waals surface area contributed by atoms with Crippen molar-refractivity contribution in [3.8, 4) is 0 Å². The molecule has 0 aliphatic carbocycles. The molecule has 29 heavy (non-hydrogen) atoms. The van der Waals surface area contributed by atoms with Crippen molar-refractivity contribution >= 4 is 41.7 Å². The Bertz CT molecular complexity index is 803. The van der Waals surface area contributed by atoms with E-state index in [2.05, 4.69) is 25.9 Å². The number of nitrogens with zero attached hydrogens (tertiary/aromatic N) is 2. The molecular formula is C20H30IN5O3. The quantitative estimate of drug-likeness (QED) is 0.245. The summed E-state index contributed by atoms with van der Waals surface area (Å²) in [6, 6.07) is 7.21. The van der Waals surface area contributed by atoms with Gasteiger partial charge in [0.15, 0.2) is 5.96 Å². The van der Waals surface area contributed by atoms with E-state index in [1.54, 1.807) is 31.3 Å². The standard InChI is InChI=1S/C20H29N5O3.HI/c1-5-21-19(24-13-20(4,27)16-8-7-15(3)28-16)22-11-10-18(26)25-17-9-6-14(2)12-23-17;/h6-9,12,27H,5,10-11,13H2,1-4H3,(H2,21,22,24)(H,23,25,26);1H. The summed E-state index contributed by atoms with van der Waals surface area (Å²) in [5.74, 6) is 2.11. The van der Waals surface area contributed by atoms with Gasteiger partial charge in [0.1, 0.15) is 22.9 Å². The van der Waals surface area contributed by atoms with Crippen molar-refractivity contribution in [3.63, 3.8) is 0 Å². The van der Waals surface area contributed by atoms with Gasteiger partial charge < -0.3 is 25.5 Å². The fraction of sp³-hybridized carbons (Fsp3) is 0.450. The minimum atomic E-state index is -1.22. The molecule has 0 aliphatic heterocycles. The first-order valence-electron chi connectivity index (χ1n) is 9.34. The van der Waals surface area contributed by atoms with E-state index in [-0.39, 0.29) is 42.8 Å². The molecule has 0 saturated heterocycles. The third-order valence-electron chi connectivity index (χ3n) is 3.98. The molecule has 2 heterocycles. The predicted molar refractivity (Wildman–Crippen MR) is 125 cm³/mol. The highest BCUT2D eigenvalue weighted by Gasteiger charge is 2.26. The van der Waals surface area contributed by atoms with Crippen molar-refractivity contribution in [2.75, 3.05) is 25.0 Å². The van der Waals surface area contributed by atoms with Gasteiger partial charge in [0.05, 0.1) is 6.54 Å². The van der Waals surface area contributed by atoms with Crippen LogP contribution in [0.4, 0.5) is 5.82 Å². The number of rotatable bonds is 8. The summed E-state index contributed by atoms with van der Waals surface area (Å²) in [5.41, 5.74) is -0.183.